The fourth-order valence-electron chi connectivity index (χ4n) is 3.23. The van der Waals surface area contributed by atoms with Gasteiger partial charge in [-0.1, -0.05) is 0 Å². The average Bonchev–Trinajstić information content (AvgIpc) is 2.69. The van der Waals surface area contributed by atoms with Crippen LogP contribution in [0.5, 0.6) is 0 Å². The monoisotopic (exact) mass is 354 g/mol. The summed E-state index contributed by atoms with van der Waals surface area (Å²) in [5, 5.41) is 0. The van der Waals surface area contributed by atoms with Crippen LogP contribution in [0.4, 0.5) is 17.6 Å². The van der Waals surface area contributed by atoms with Crippen molar-refractivity contribution in [2.45, 2.75) is 12.8 Å². The normalized spacial score (nSPS) is 18.2. The molecule has 0 atom stereocenters. The number of Topliss-reactive ketones (excluding diaryl/α,β-unsaturated/α-hetero) is 1. The van der Waals surface area contributed by atoms with Gasteiger partial charge >= 0.3 is 0 Å². The van der Waals surface area contributed by atoms with E-state index in [2.05, 4.69) is 9.88 Å². The molecular weight excluding hydrogens is 332 g/mol. The van der Waals surface area contributed by atoms with E-state index in [0.717, 1.165) is 43.1 Å². The van der Waals surface area contributed by atoms with Crippen LogP contribution in [0.3, 0.4) is 0 Å². The molecule has 2 N–H and O–H groups in total. The number of morpholine rings is 1. The molecule has 136 valence electrons. The van der Waals surface area contributed by atoms with Crippen molar-refractivity contribution in [1.82, 2.24) is 15.0 Å². The van der Waals surface area contributed by atoms with Gasteiger partial charge in [0.05, 0.1) is 25.5 Å². The molecule has 4 heterocycles. The van der Waals surface area contributed by atoms with Crippen molar-refractivity contribution in [3.8, 4) is 11.3 Å². The third-order valence-electron chi connectivity index (χ3n) is 4.65. The summed E-state index contributed by atoms with van der Waals surface area (Å²) >= 11 is 0. The summed E-state index contributed by atoms with van der Waals surface area (Å²) in [6.07, 6.45) is 3.22. The topological polar surface area (TPSA) is 97.5 Å². The van der Waals surface area contributed by atoms with E-state index in [9.17, 15) is 4.79 Å². The lowest BCUT2D eigenvalue weighted by Crippen LogP contribution is -2.39. The van der Waals surface area contributed by atoms with Crippen LogP contribution in [0, 0.1) is 0 Å². The zero-order valence-corrected chi connectivity index (χ0v) is 14.6. The highest BCUT2D eigenvalue weighted by atomic mass is 16.5. The van der Waals surface area contributed by atoms with E-state index in [1.807, 2.05) is 17.0 Å². The summed E-state index contributed by atoms with van der Waals surface area (Å²) in [6.45, 7) is 4.05. The van der Waals surface area contributed by atoms with Crippen molar-refractivity contribution in [3.05, 3.63) is 24.4 Å². The number of carbonyl (C=O) groups excluding carboxylic acids is 1. The summed E-state index contributed by atoms with van der Waals surface area (Å²) in [5.74, 6) is 2.16. The van der Waals surface area contributed by atoms with E-state index in [-0.39, 0.29) is 5.78 Å². The molecule has 0 radical (unpaired) electrons. The summed E-state index contributed by atoms with van der Waals surface area (Å²) in [7, 11) is 0. The quantitative estimate of drug-likeness (QED) is 0.876. The van der Waals surface area contributed by atoms with Gasteiger partial charge in [0.15, 0.2) is 5.78 Å². The van der Waals surface area contributed by atoms with Crippen LogP contribution in [0.1, 0.15) is 12.8 Å². The van der Waals surface area contributed by atoms with Gasteiger partial charge in [0.1, 0.15) is 11.6 Å². The van der Waals surface area contributed by atoms with E-state index in [1.54, 1.807) is 12.3 Å². The lowest BCUT2D eigenvalue weighted by atomic mass is 10.1. The Morgan fingerprint density at radius 2 is 1.92 bits per heavy atom. The van der Waals surface area contributed by atoms with Gasteiger partial charge in [0, 0.05) is 43.9 Å². The molecule has 0 amide bonds. The standard InChI is InChI=1S/C18H22N6O2/c19-16-4-3-13(11-20-16)15-10-17(24-5-1-2-14(25)12-24)22-18(21-15)23-6-8-26-9-7-23/h3-4,10-11H,1-2,5-9,12H2,(H2,19,20). The number of ether oxygens (including phenoxy) is 1. The fourth-order valence-corrected chi connectivity index (χ4v) is 3.23. The van der Waals surface area contributed by atoms with E-state index >= 15 is 0 Å². The van der Waals surface area contributed by atoms with Gasteiger partial charge in [-0.3, -0.25) is 4.79 Å². The summed E-state index contributed by atoms with van der Waals surface area (Å²) in [5.41, 5.74) is 7.36. The Kier molecular flexibility index (Phi) is 4.66. The van der Waals surface area contributed by atoms with Crippen LogP contribution in [-0.2, 0) is 9.53 Å². The maximum Gasteiger partial charge on any atom is 0.228 e. The fraction of sp³-hybridized carbons (Fsp3) is 0.444. The SMILES string of the molecule is Nc1ccc(-c2cc(N3CCCC(=O)C3)nc(N3CCOCC3)n2)cn1. The molecule has 26 heavy (non-hydrogen) atoms. The number of rotatable bonds is 3. The molecule has 8 heteroatoms. The second kappa shape index (κ2) is 7.25. The van der Waals surface area contributed by atoms with Crippen molar-refractivity contribution < 1.29 is 9.53 Å². The first-order valence-corrected chi connectivity index (χ1v) is 8.89. The number of aromatic nitrogens is 3. The number of nitrogens with two attached hydrogens (primary N) is 1. The number of hydrogen-bond acceptors (Lipinski definition) is 8. The zero-order valence-electron chi connectivity index (χ0n) is 14.6. The van der Waals surface area contributed by atoms with Gasteiger partial charge in [-0.25, -0.2) is 9.97 Å². The Balaban J connectivity index is 1.73. The number of piperidine rings is 1. The summed E-state index contributed by atoms with van der Waals surface area (Å²) in [4.78, 5) is 29.7. The number of carbonyl (C=O) groups is 1. The van der Waals surface area contributed by atoms with Crippen molar-refractivity contribution in [1.29, 1.82) is 0 Å². The van der Waals surface area contributed by atoms with Crippen LogP contribution in [-0.4, -0.2) is 60.1 Å². The molecule has 0 bridgehead atoms. The number of hydrogen-bond donors (Lipinski definition) is 1. The molecule has 2 aliphatic heterocycles. The van der Waals surface area contributed by atoms with Crippen molar-refractivity contribution in [2.75, 3.05) is 54.9 Å². The van der Waals surface area contributed by atoms with Crippen molar-refractivity contribution in [2.24, 2.45) is 0 Å². The molecule has 4 rings (SSSR count). The lowest BCUT2D eigenvalue weighted by Gasteiger charge is -2.30. The van der Waals surface area contributed by atoms with Crippen molar-refractivity contribution >= 4 is 23.4 Å². The number of nitrogen functional groups attached to an aromatic ring is 1. The highest BCUT2D eigenvalue weighted by molar-refractivity contribution is 5.84. The first-order valence-electron chi connectivity index (χ1n) is 8.89. The Labute approximate surface area is 152 Å². The third-order valence-corrected chi connectivity index (χ3v) is 4.65. The molecular formula is C18H22N6O2. The first kappa shape index (κ1) is 16.7. The van der Waals surface area contributed by atoms with Gasteiger partial charge in [0.2, 0.25) is 5.95 Å². The van der Waals surface area contributed by atoms with E-state index < -0.39 is 0 Å². The molecule has 2 saturated heterocycles. The molecule has 2 aromatic heterocycles. The largest absolute Gasteiger partial charge is 0.384 e. The molecule has 2 aromatic rings. The predicted octanol–water partition coefficient (Wildman–Crippen LogP) is 1.13. The Morgan fingerprint density at radius 3 is 2.65 bits per heavy atom. The minimum Gasteiger partial charge on any atom is -0.384 e. The molecule has 0 unspecified atom stereocenters. The maximum absolute atomic E-state index is 11.9. The maximum atomic E-state index is 11.9. The summed E-state index contributed by atoms with van der Waals surface area (Å²) < 4.78 is 5.43. The lowest BCUT2D eigenvalue weighted by molar-refractivity contribution is -0.118. The van der Waals surface area contributed by atoms with Crippen molar-refractivity contribution in [3.63, 3.8) is 0 Å². The Hall–Kier alpha value is -2.74. The van der Waals surface area contributed by atoms with E-state index in [4.69, 9.17) is 20.4 Å². The van der Waals surface area contributed by atoms with Gasteiger partial charge < -0.3 is 20.3 Å². The second-order valence-electron chi connectivity index (χ2n) is 6.55. The molecule has 0 aromatic carbocycles. The van der Waals surface area contributed by atoms with Crippen LogP contribution in [0.2, 0.25) is 0 Å². The Bertz CT molecular complexity index is 789. The molecule has 8 nitrogen and oxygen atoms in total. The molecule has 2 aliphatic rings. The highest BCUT2D eigenvalue weighted by Crippen LogP contribution is 2.26. The third kappa shape index (κ3) is 3.60. The minimum absolute atomic E-state index is 0.249. The Morgan fingerprint density at radius 1 is 1.08 bits per heavy atom. The summed E-state index contributed by atoms with van der Waals surface area (Å²) in [6, 6.07) is 5.59. The van der Waals surface area contributed by atoms with Crippen LogP contribution in [0.25, 0.3) is 11.3 Å². The van der Waals surface area contributed by atoms with Crippen LogP contribution in [0.15, 0.2) is 24.4 Å². The molecule has 2 fully saturated rings. The number of ketones is 1. The van der Waals surface area contributed by atoms with Crippen LogP contribution >= 0.6 is 0 Å². The molecule has 0 spiro atoms. The minimum atomic E-state index is 0.249. The average molecular weight is 354 g/mol. The molecule has 0 aliphatic carbocycles. The number of pyridine rings is 1. The smallest absolute Gasteiger partial charge is 0.228 e. The second-order valence-corrected chi connectivity index (χ2v) is 6.55. The van der Waals surface area contributed by atoms with Gasteiger partial charge in [-0.15, -0.1) is 0 Å². The van der Waals surface area contributed by atoms with Gasteiger partial charge in [-0.2, -0.15) is 4.98 Å². The highest BCUT2D eigenvalue weighted by Gasteiger charge is 2.22. The van der Waals surface area contributed by atoms with Gasteiger partial charge in [-0.05, 0) is 18.6 Å². The van der Waals surface area contributed by atoms with Crippen LogP contribution < -0.4 is 15.5 Å². The predicted molar refractivity (Wildman–Crippen MR) is 99.2 cm³/mol. The van der Waals surface area contributed by atoms with E-state index in [1.165, 1.54) is 0 Å². The number of nitrogens with zero attached hydrogens (tertiary/aromatic N) is 5. The first-order chi connectivity index (χ1) is 12.7. The molecule has 0 saturated carbocycles. The zero-order chi connectivity index (χ0) is 17.9. The van der Waals surface area contributed by atoms with E-state index in [0.29, 0.717) is 37.9 Å². The number of anilines is 3. The van der Waals surface area contributed by atoms with Gasteiger partial charge in [0.25, 0.3) is 0 Å².